The number of nitrogens with zero attached hydrogens (tertiary/aromatic N) is 1. The highest BCUT2D eigenvalue weighted by atomic mass is 32.1. The Labute approximate surface area is 91.7 Å². The highest BCUT2D eigenvalue weighted by molar-refractivity contribution is 7.13. The average Bonchev–Trinajstić information content (AvgIpc) is 2.87. The zero-order chi connectivity index (χ0) is 10.8. The first kappa shape index (κ1) is 10.3. The van der Waals surface area contributed by atoms with Crippen molar-refractivity contribution in [2.75, 3.05) is 5.32 Å². The Hall–Kier alpha value is -1.23. The molecular formula is C10H12N2O2S. The molecule has 0 unspecified atom stereocenters. The lowest BCUT2D eigenvalue weighted by Crippen LogP contribution is -2.14. The van der Waals surface area contributed by atoms with E-state index < -0.39 is 0 Å². The summed E-state index contributed by atoms with van der Waals surface area (Å²) in [6, 6.07) is 0. The minimum absolute atomic E-state index is 0.0711. The summed E-state index contributed by atoms with van der Waals surface area (Å²) in [6.07, 6.45) is 2.33. The third kappa shape index (κ3) is 2.86. The molecule has 1 heterocycles. The summed E-state index contributed by atoms with van der Waals surface area (Å²) in [5.41, 5.74) is 1.07. The van der Waals surface area contributed by atoms with Crippen molar-refractivity contribution >= 4 is 28.2 Å². The number of ketones is 1. The van der Waals surface area contributed by atoms with Gasteiger partial charge in [0.25, 0.3) is 0 Å². The predicted octanol–water partition coefficient (Wildman–Crippen LogP) is 1.94. The van der Waals surface area contributed by atoms with Gasteiger partial charge in [-0.15, -0.1) is 11.3 Å². The van der Waals surface area contributed by atoms with Gasteiger partial charge in [-0.1, -0.05) is 0 Å². The summed E-state index contributed by atoms with van der Waals surface area (Å²) >= 11 is 1.42. The molecule has 1 saturated carbocycles. The van der Waals surface area contributed by atoms with E-state index in [0.29, 0.717) is 11.0 Å². The molecule has 2 rings (SSSR count). The van der Waals surface area contributed by atoms with E-state index in [0.717, 1.165) is 5.69 Å². The standard InChI is InChI=1S/C10H12N2O2S/c1-6(13)4-9(14)12-10-11-8(5-15-10)7-2-3-7/h5,7H,2-4H2,1H3,(H,11,12,14). The van der Waals surface area contributed by atoms with Crippen LogP contribution in [0.2, 0.25) is 0 Å². The van der Waals surface area contributed by atoms with E-state index in [9.17, 15) is 9.59 Å². The van der Waals surface area contributed by atoms with Crippen molar-refractivity contribution in [2.45, 2.75) is 32.1 Å². The van der Waals surface area contributed by atoms with Gasteiger partial charge < -0.3 is 5.32 Å². The van der Waals surface area contributed by atoms with Crippen LogP contribution in [0.5, 0.6) is 0 Å². The number of aromatic nitrogens is 1. The number of hydrogen-bond acceptors (Lipinski definition) is 4. The minimum Gasteiger partial charge on any atom is -0.302 e. The van der Waals surface area contributed by atoms with E-state index in [2.05, 4.69) is 10.3 Å². The topological polar surface area (TPSA) is 59.1 Å². The fraction of sp³-hybridized carbons (Fsp3) is 0.500. The first-order valence-electron chi connectivity index (χ1n) is 4.90. The number of thiazole rings is 1. The smallest absolute Gasteiger partial charge is 0.233 e. The molecule has 1 amide bonds. The molecule has 15 heavy (non-hydrogen) atoms. The lowest BCUT2D eigenvalue weighted by molar-refractivity contribution is -0.124. The van der Waals surface area contributed by atoms with Crippen LogP contribution >= 0.6 is 11.3 Å². The van der Waals surface area contributed by atoms with Crippen molar-refractivity contribution in [1.29, 1.82) is 0 Å². The molecule has 1 fully saturated rings. The molecule has 1 aliphatic rings. The maximum atomic E-state index is 11.3. The van der Waals surface area contributed by atoms with E-state index in [1.54, 1.807) is 0 Å². The molecule has 0 aliphatic heterocycles. The summed E-state index contributed by atoms with van der Waals surface area (Å²) in [7, 11) is 0. The molecule has 0 atom stereocenters. The molecule has 0 bridgehead atoms. The van der Waals surface area contributed by atoms with Gasteiger partial charge in [-0.25, -0.2) is 4.98 Å². The number of Topliss-reactive ketones (excluding diaryl/α,β-unsaturated/α-hetero) is 1. The number of anilines is 1. The van der Waals surface area contributed by atoms with Crippen molar-refractivity contribution in [3.8, 4) is 0 Å². The van der Waals surface area contributed by atoms with Gasteiger partial charge in [-0.05, 0) is 19.8 Å². The Bertz CT molecular complexity index is 396. The van der Waals surface area contributed by atoms with Crippen molar-refractivity contribution in [3.05, 3.63) is 11.1 Å². The maximum absolute atomic E-state index is 11.3. The molecule has 0 radical (unpaired) electrons. The number of carbonyl (C=O) groups is 2. The van der Waals surface area contributed by atoms with Crippen LogP contribution in [-0.2, 0) is 9.59 Å². The van der Waals surface area contributed by atoms with Crippen LogP contribution < -0.4 is 5.32 Å². The van der Waals surface area contributed by atoms with Crippen LogP contribution in [0.25, 0.3) is 0 Å². The third-order valence-corrected chi connectivity index (χ3v) is 2.95. The Kier molecular flexibility index (Phi) is 2.81. The summed E-state index contributed by atoms with van der Waals surface area (Å²) in [6.45, 7) is 1.40. The van der Waals surface area contributed by atoms with Crippen LogP contribution in [0.4, 0.5) is 5.13 Å². The Morgan fingerprint density at radius 1 is 1.60 bits per heavy atom. The van der Waals surface area contributed by atoms with Crippen molar-refractivity contribution < 1.29 is 9.59 Å². The monoisotopic (exact) mass is 224 g/mol. The van der Waals surface area contributed by atoms with Gasteiger partial charge in [0.1, 0.15) is 5.78 Å². The van der Waals surface area contributed by atoms with Crippen LogP contribution in [0.15, 0.2) is 5.38 Å². The molecule has 5 heteroatoms. The number of nitrogens with one attached hydrogen (secondary N) is 1. The van der Waals surface area contributed by atoms with Crippen molar-refractivity contribution in [3.63, 3.8) is 0 Å². The lowest BCUT2D eigenvalue weighted by atomic mass is 10.3. The molecule has 1 aliphatic carbocycles. The normalized spacial score (nSPS) is 15.0. The first-order valence-corrected chi connectivity index (χ1v) is 5.78. The molecule has 0 aromatic carbocycles. The second-order valence-electron chi connectivity index (χ2n) is 3.78. The summed E-state index contributed by atoms with van der Waals surface area (Å²) in [4.78, 5) is 26.2. The summed E-state index contributed by atoms with van der Waals surface area (Å²) in [5.74, 6) is 0.186. The average molecular weight is 224 g/mol. The van der Waals surface area contributed by atoms with Crippen molar-refractivity contribution in [2.24, 2.45) is 0 Å². The van der Waals surface area contributed by atoms with Gasteiger partial charge in [-0.2, -0.15) is 0 Å². The Morgan fingerprint density at radius 2 is 2.33 bits per heavy atom. The molecule has 1 aromatic rings. The highest BCUT2D eigenvalue weighted by Gasteiger charge is 2.26. The van der Waals surface area contributed by atoms with E-state index in [-0.39, 0.29) is 18.1 Å². The van der Waals surface area contributed by atoms with Crippen LogP contribution in [-0.4, -0.2) is 16.7 Å². The highest BCUT2D eigenvalue weighted by Crippen LogP contribution is 2.40. The number of carbonyl (C=O) groups excluding carboxylic acids is 2. The van der Waals surface area contributed by atoms with E-state index in [1.165, 1.54) is 31.1 Å². The SMILES string of the molecule is CC(=O)CC(=O)Nc1nc(C2CC2)cs1. The van der Waals surface area contributed by atoms with E-state index in [4.69, 9.17) is 0 Å². The van der Waals surface area contributed by atoms with E-state index >= 15 is 0 Å². The first-order chi connectivity index (χ1) is 7.15. The Balaban J connectivity index is 1.92. The van der Waals surface area contributed by atoms with Crippen molar-refractivity contribution in [1.82, 2.24) is 4.98 Å². The van der Waals surface area contributed by atoms with Crippen LogP contribution in [0, 0.1) is 0 Å². The van der Waals surface area contributed by atoms with Gasteiger partial charge in [0, 0.05) is 11.3 Å². The third-order valence-electron chi connectivity index (χ3n) is 2.17. The van der Waals surface area contributed by atoms with E-state index in [1.807, 2.05) is 5.38 Å². The molecule has 4 nitrogen and oxygen atoms in total. The van der Waals surface area contributed by atoms with Gasteiger partial charge >= 0.3 is 0 Å². The molecule has 0 spiro atoms. The van der Waals surface area contributed by atoms with Crippen LogP contribution in [0.3, 0.4) is 0 Å². The maximum Gasteiger partial charge on any atom is 0.233 e. The fourth-order valence-electron chi connectivity index (χ4n) is 1.30. The van der Waals surface area contributed by atoms with Crippen LogP contribution in [0.1, 0.15) is 37.8 Å². The number of amides is 1. The molecule has 0 saturated heterocycles. The quantitative estimate of drug-likeness (QED) is 0.795. The zero-order valence-corrected chi connectivity index (χ0v) is 9.26. The second kappa shape index (κ2) is 4.10. The molecular weight excluding hydrogens is 212 g/mol. The molecule has 80 valence electrons. The largest absolute Gasteiger partial charge is 0.302 e. The minimum atomic E-state index is -0.279. The second-order valence-corrected chi connectivity index (χ2v) is 4.64. The zero-order valence-electron chi connectivity index (χ0n) is 8.45. The number of hydrogen-bond donors (Lipinski definition) is 1. The Morgan fingerprint density at radius 3 is 2.93 bits per heavy atom. The summed E-state index contributed by atoms with van der Waals surface area (Å²) in [5, 5.41) is 5.20. The van der Waals surface area contributed by atoms with Gasteiger partial charge in [0.05, 0.1) is 12.1 Å². The molecule has 1 N–H and O–H groups in total. The predicted molar refractivity (Wildman–Crippen MR) is 58.0 cm³/mol. The lowest BCUT2D eigenvalue weighted by Gasteiger charge is -1.97. The van der Waals surface area contributed by atoms with Gasteiger partial charge in [0.15, 0.2) is 5.13 Å². The van der Waals surface area contributed by atoms with Gasteiger partial charge in [-0.3, -0.25) is 9.59 Å². The molecule has 1 aromatic heterocycles. The van der Waals surface area contributed by atoms with Gasteiger partial charge in [0.2, 0.25) is 5.91 Å². The summed E-state index contributed by atoms with van der Waals surface area (Å²) < 4.78 is 0. The fourth-order valence-corrected chi connectivity index (χ4v) is 2.11. The number of rotatable bonds is 4.